The molecule has 0 aromatic rings. The second kappa shape index (κ2) is 7.32. The van der Waals surface area contributed by atoms with Crippen molar-refractivity contribution in [2.45, 2.75) is 64.8 Å². The fraction of sp³-hybridized carbons (Fsp3) is 0.857. The van der Waals surface area contributed by atoms with Crippen molar-refractivity contribution in [3.8, 4) is 6.07 Å². The van der Waals surface area contributed by atoms with Gasteiger partial charge in [0, 0.05) is 19.0 Å². The Morgan fingerprint density at radius 1 is 1.35 bits per heavy atom. The number of hydrogen-bond donors (Lipinski definition) is 0. The van der Waals surface area contributed by atoms with E-state index in [1.165, 1.54) is 32.1 Å². The second-order valence-corrected chi connectivity index (χ2v) is 5.30. The number of rotatable bonds is 5. The van der Waals surface area contributed by atoms with Crippen LogP contribution in [0, 0.1) is 17.2 Å². The van der Waals surface area contributed by atoms with Gasteiger partial charge in [0.05, 0.1) is 12.5 Å². The molecule has 0 heterocycles. The van der Waals surface area contributed by atoms with Gasteiger partial charge in [-0.25, -0.2) is 0 Å². The van der Waals surface area contributed by atoms with Crippen molar-refractivity contribution in [1.82, 2.24) is 4.90 Å². The third-order valence-corrected chi connectivity index (χ3v) is 3.60. The topological polar surface area (TPSA) is 44.1 Å². The van der Waals surface area contributed by atoms with Crippen molar-refractivity contribution >= 4 is 5.91 Å². The lowest BCUT2D eigenvalue weighted by Gasteiger charge is -2.29. The van der Waals surface area contributed by atoms with Crippen LogP contribution in [0.15, 0.2) is 0 Å². The Kier molecular flexibility index (Phi) is 6.04. The summed E-state index contributed by atoms with van der Waals surface area (Å²) in [7, 11) is 0. The standard InChI is InChI=1S/C14H24N2O/c1-12(2)16(10-6-9-15)14(17)11-13-7-4-3-5-8-13/h12-13H,3-8,10-11H2,1-2H3. The van der Waals surface area contributed by atoms with E-state index in [1.807, 2.05) is 18.7 Å². The Labute approximate surface area is 105 Å². The monoisotopic (exact) mass is 236 g/mol. The molecule has 0 radical (unpaired) electrons. The average Bonchev–Trinajstić information content (AvgIpc) is 2.30. The molecule has 1 amide bonds. The predicted molar refractivity (Wildman–Crippen MR) is 68.3 cm³/mol. The van der Waals surface area contributed by atoms with Crippen LogP contribution in [0.1, 0.15) is 58.8 Å². The minimum atomic E-state index is 0.208. The van der Waals surface area contributed by atoms with E-state index >= 15 is 0 Å². The van der Waals surface area contributed by atoms with Gasteiger partial charge in [0.15, 0.2) is 0 Å². The molecule has 0 N–H and O–H groups in total. The van der Waals surface area contributed by atoms with Crippen molar-refractivity contribution in [3.05, 3.63) is 0 Å². The fourth-order valence-corrected chi connectivity index (χ4v) is 2.60. The summed E-state index contributed by atoms with van der Waals surface area (Å²) < 4.78 is 0. The second-order valence-electron chi connectivity index (χ2n) is 5.30. The Bertz CT molecular complexity index is 274. The molecule has 3 heteroatoms. The highest BCUT2D eigenvalue weighted by Gasteiger charge is 2.22. The summed E-state index contributed by atoms with van der Waals surface area (Å²) in [6, 6.07) is 2.33. The molecular weight excluding hydrogens is 212 g/mol. The van der Waals surface area contributed by atoms with Crippen molar-refractivity contribution in [3.63, 3.8) is 0 Å². The third kappa shape index (κ3) is 4.77. The van der Waals surface area contributed by atoms with E-state index in [0.717, 1.165) is 0 Å². The largest absolute Gasteiger partial charge is 0.339 e. The summed E-state index contributed by atoms with van der Waals surface area (Å²) in [4.78, 5) is 14.0. The minimum absolute atomic E-state index is 0.208. The van der Waals surface area contributed by atoms with Crippen LogP contribution in [0.3, 0.4) is 0 Å². The van der Waals surface area contributed by atoms with E-state index in [1.54, 1.807) is 0 Å². The van der Waals surface area contributed by atoms with Crippen LogP contribution < -0.4 is 0 Å². The molecule has 0 bridgehead atoms. The van der Waals surface area contributed by atoms with Gasteiger partial charge in [0.25, 0.3) is 0 Å². The number of nitriles is 1. The predicted octanol–water partition coefficient (Wildman–Crippen LogP) is 3.11. The first-order chi connectivity index (χ1) is 8.15. The summed E-state index contributed by atoms with van der Waals surface area (Å²) in [6.07, 6.45) is 7.41. The number of hydrogen-bond acceptors (Lipinski definition) is 2. The normalized spacial score (nSPS) is 16.8. The number of carbonyl (C=O) groups is 1. The maximum Gasteiger partial charge on any atom is 0.223 e. The Balaban J connectivity index is 2.43. The summed E-state index contributed by atoms with van der Waals surface area (Å²) in [5.74, 6) is 0.821. The molecule has 1 saturated carbocycles. The highest BCUT2D eigenvalue weighted by molar-refractivity contribution is 5.76. The van der Waals surface area contributed by atoms with Crippen molar-refractivity contribution in [2.24, 2.45) is 5.92 Å². The van der Waals surface area contributed by atoms with Crippen molar-refractivity contribution < 1.29 is 4.79 Å². The maximum atomic E-state index is 12.2. The van der Waals surface area contributed by atoms with E-state index in [2.05, 4.69) is 6.07 Å². The van der Waals surface area contributed by atoms with Crippen molar-refractivity contribution in [2.75, 3.05) is 6.54 Å². The van der Waals surface area contributed by atoms with Crippen LogP contribution in [-0.4, -0.2) is 23.4 Å². The van der Waals surface area contributed by atoms with Gasteiger partial charge in [-0.3, -0.25) is 4.79 Å². The van der Waals surface area contributed by atoms with Crippen LogP contribution in [0.2, 0.25) is 0 Å². The van der Waals surface area contributed by atoms with Crippen LogP contribution >= 0.6 is 0 Å². The summed E-state index contributed by atoms with van der Waals surface area (Å²) in [6.45, 7) is 4.63. The van der Waals surface area contributed by atoms with Crippen LogP contribution in [-0.2, 0) is 4.79 Å². The molecule has 1 aliphatic carbocycles. The number of nitrogens with zero attached hydrogens (tertiary/aromatic N) is 2. The number of amides is 1. The molecule has 0 saturated heterocycles. The van der Waals surface area contributed by atoms with Gasteiger partial charge >= 0.3 is 0 Å². The first-order valence-electron chi connectivity index (χ1n) is 6.81. The van der Waals surface area contributed by atoms with Gasteiger partial charge < -0.3 is 4.90 Å². The highest BCUT2D eigenvalue weighted by Crippen LogP contribution is 2.27. The molecule has 1 aliphatic rings. The van der Waals surface area contributed by atoms with Gasteiger partial charge in [0.2, 0.25) is 5.91 Å². The van der Waals surface area contributed by atoms with Crippen LogP contribution in [0.5, 0.6) is 0 Å². The molecule has 0 aromatic heterocycles. The molecule has 0 atom stereocenters. The summed E-state index contributed by atoms with van der Waals surface area (Å²) in [5, 5.41) is 8.61. The molecule has 96 valence electrons. The van der Waals surface area contributed by atoms with E-state index < -0.39 is 0 Å². The molecule has 0 unspecified atom stereocenters. The first kappa shape index (κ1) is 14.0. The van der Waals surface area contributed by atoms with Gasteiger partial charge in [-0.15, -0.1) is 0 Å². The quantitative estimate of drug-likeness (QED) is 0.736. The smallest absolute Gasteiger partial charge is 0.223 e. The van der Waals surface area contributed by atoms with Gasteiger partial charge in [-0.2, -0.15) is 5.26 Å². The zero-order valence-electron chi connectivity index (χ0n) is 11.1. The summed E-state index contributed by atoms with van der Waals surface area (Å²) in [5.41, 5.74) is 0. The zero-order chi connectivity index (χ0) is 12.7. The fourth-order valence-electron chi connectivity index (χ4n) is 2.60. The highest BCUT2D eigenvalue weighted by atomic mass is 16.2. The van der Waals surface area contributed by atoms with E-state index in [-0.39, 0.29) is 11.9 Å². The molecule has 1 rings (SSSR count). The lowest BCUT2D eigenvalue weighted by molar-refractivity contribution is -0.134. The van der Waals surface area contributed by atoms with Gasteiger partial charge in [-0.1, -0.05) is 19.3 Å². The number of carbonyl (C=O) groups excluding carboxylic acids is 1. The lowest BCUT2D eigenvalue weighted by Crippen LogP contribution is -2.38. The van der Waals surface area contributed by atoms with Crippen LogP contribution in [0.4, 0.5) is 0 Å². The molecule has 3 nitrogen and oxygen atoms in total. The zero-order valence-corrected chi connectivity index (χ0v) is 11.1. The van der Waals surface area contributed by atoms with E-state index in [4.69, 9.17) is 5.26 Å². The molecule has 0 aliphatic heterocycles. The molecule has 0 spiro atoms. The molecule has 0 aromatic carbocycles. The minimum Gasteiger partial charge on any atom is -0.339 e. The first-order valence-corrected chi connectivity index (χ1v) is 6.81. The van der Waals surface area contributed by atoms with Gasteiger partial charge in [-0.05, 0) is 32.6 Å². The van der Waals surface area contributed by atoms with E-state index in [9.17, 15) is 4.79 Å². The molecular formula is C14H24N2O. The maximum absolute atomic E-state index is 12.2. The average molecular weight is 236 g/mol. The molecule has 17 heavy (non-hydrogen) atoms. The SMILES string of the molecule is CC(C)N(CCC#N)C(=O)CC1CCCCC1. The van der Waals surface area contributed by atoms with E-state index in [0.29, 0.717) is 25.3 Å². The Morgan fingerprint density at radius 3 is 2.53 bits per heavy atom. The van der Waals surface area contributed by atoms with Gasteiger partial charge in [0.1, 0.15) is 0 Å². The van der Waals surface area contributed by atoms with Crippen LogP contribution in [0.25, 0.3) is 0 Å². The Morgan fingerprint density at radius 2 is 2.00 bits per heavy atom. The molecule has 1 fully saturated rings. The van der Waals surface area contributed by atoms with Crippen molar-refractivity contribution in [1.29, 1.82) is 5.26 Å². The third-order valence-electron chi connectivity index (χ3n) is 3.60. The Hall–Kier alpha value is -1.04. The summed E-state index contributed by atoms with van der Waals surface area (Å²) >= 11 is 0. The lowest BCUT2D eigenvalue weighted by atomic mass is 9.86.